The second-order valence-electron chi connectivity index (χ2n) is 4.87. The molecule has 0 unspecified atom stereocenters. The molecule has 0 aliphatic rings. The lowest BCUT2D eigenvalue weighted by Gasteiger charge is -2.11. The number of carbonyl (C=O) groups excluding carboxylic acids is 1. The van der Waals surface area contributed by atoms with Crippen molar-refractivity contribution in [1.82, 2.24) is 5.32 Å². The molecule has 122 valence electrons. The van der Waals surface area contributed by atoms with Crippen molar-refractivity contribution in [2.24, 2.45) is 0 Å². The summed E-state index contributed by atoms with van der Waals surface area (Å²) in [5, 5.41) is 3.58. The Bertz CT molecular complexity index is 977. The zero-order valence-electron chi connectivity index (χ0n) is 12.4. The lowest BCUT2D eigenvalue weighted by atomic mass is 10.1. The molecule has 0 bridgehead atoms. The summed E-state index contributed by atoms with van der Waals surface area (Å²) >= 11 is 12.2. The van der Waals surface area contributed by atoms with Gasteiger partial charge >= 0.3 is 5.63 Å². The fourth-order valence-electron chi connectivity index (χ4n) is 2.19. The van der Waals surface area contributed by atoms with Gasteiger partial charge in [-0.2, -0.15) is 0 Å². The first-order chi connectivity index (χ1) is 11.5. The van der Waals surface area contributed by atoms with E-state index in [4.69, 9.17) is 32.4 Å². The van der Waals surface area contributed by atoms with Gasteiger partial charge < -0.3 is 14.5 Å². The number of fused-ring (bicyclic) bond motifs is 1. The Morgan fingerprint density at radius 3 is 2.50 bits per heavy atom. The minimum absolute atomic E-state index is 0.196. The van der Waals surface area contributed by atoms with Gasteiger partial charge in [0.25, 0.3) is 5.91 Å². The molecule has 3 aromatic rings. The Hall–Kier alpha value is -2.50. The smallest absolute Gasteiger partial charge is 0.339 e. The normalized spacial score (nSPS) is 10.6. The molecule has 3 rings (SSSR count). The van der Waals surface area contributed by atoms with Crippen molar-refractivity contribution in [2.75, 3.05) is 7.05 Å². The molecule has 0 saturated heterocycles. The van der Waals surface area contributed by atoms with E-state index in [0.717, 1.165) is 0 Å². The Kier molecular flexibility index (Phi) is 4.46. The van der Waals surface area contributed by atoms with Gasteiger partial charge in [0.15, 0.2) is 5.75 Å². The predicted octanol–water partition coefficient (Wildman–Crippen LogP) is 4.25. The number of benzene rings is 2. The minimum Gasteiger partial charge on any atom is -0.453 e. The van der Waals surface area contributed by atoms with Gasteiger partial charge in [0.2, 0.25) is 0 Å². The molecule has 0 atom stereocenters. The third-order valence-corrected chi connectivity index (χ3v) is 3.92. The molecule has 7 heteroatoms. The quantitative estimate of drug-likeness (QED) is 0.706. The third kappa shape index (κ3) is 3.09. The monoisotopic (exact) mass is 363 g/mol. The van der Waals surface area contributed by atoms with Crippen molar-refractivity contribution < 1.29 is 13.9 Å². The highest BCUT2D eigenvalue weighted by Gasteiger charge is 2.14. The van der Waals surface area contributed by atoms with Crippen LogP contribution in [0.5, 0.6) is 11.5 Å². The Labute approximate surface area is 146 Å². The third-order valence-electron chi connectivity index (χ3n) is 3.32. The molecule has 0 saturated carbocycles. The fraction of sp³-hybridized carbons (Fsp3) is 0.0588. The van der Waals surface area contributed by atoms with Crippen LogP contribution in [0.4, 0.5) is 0 Å². The van der Waals surface area contributed by atoms with Crippen LogP contribution in [-0.4, -0.2) is 13.0 Å². The number of hydrogen-bond acceptors (Lipinski definition) is 4. The fourth-order valence-corrected chi connectivity index (χ4v) is 2.67. The van der Waals surface area contributed by atoms with Crippen LogP contribution in [0.1, 0.15) is 10.4 Å². The number of hydrogen-bond donors (Lipinski definition) is 1. The molecule has 24 heavy (non-hydrogen) atoms. The molecule has 0 aliphatic carbocycles. The van der Waals surface area contributed by atoms with Gasteiger partial charge in [0, 0.05) is 12.6 Å². The van der Waals surface area contributed by atoms with Crippen molar-refractivity contribution in [1.29, 1.82) is 0 Å². The first kappa shape index (κ1) is 16.4. The van der Waals surface area contributed by atoms with Crippen LogP contribution in [0.2, 0.25) is 10.0 Å². The molecule has 1 heterocycles. The molecule has 5 nitrogen and oxygen atoms in total. The van der Waals surface area contributed by atoms with Crippen LogP contribution in [0.25, 0.3) is 11.0 Å². The molecule has 0 fully saturated rings. The summed E-state index contributed by atoms with van der Waals surface area (Å²) < 4.78 is 10.9. The first-order valence-corrected chi connectivity index (χ1v) is 7.67. The number of rotatable bonds is 3. The van der Waals surface area contributed by atoms with E-state index in [-0.39, 0.29) is 23.0 Å². The molecule has 1 N–H and O–H groups in total. The first-order valence-electron chi connectivity index (χ1n) is 6.91. The van der Waals surface area contributed by atoms with E-state index in [1.807, 2.05) is 0 Å². The lowest BCUT2D eigenvalue weighted by molar-refractivity contribution is 0.0963. The van der Waals surface area contributed by atoms with Crippen molar-refractivity contribution in [3.63, 3.8) is 0 Å². The van der Waals surface area contributed by atoms with Gasteiger partial charge in [0.1, 0.15) is 11.3 Å². The van der Waals surface area contributed by atoms with E-state index in [1.165, 1.54) is 19.2 Å². The molecular weight excluding hydrogens is 353 g/mol. The zero-order chi connectivity index (χ0) is 17.3. The van der Waals surface area contributed by atoms with Crippen molar-refractivity contribution in [2.45, 2.75) is 0 Å². The van der Waals surface area contributed by atoms with Crippen LogP contribution < -0.4 is 15.7 Å². The van der Waals surface area contributed by atoms with E-state index < -0.39 is 5.63 Å². The van der Waals surface area contributed by atoms with Crippen molar-refractivity contribution in [3.8, 4) is 11.5 Å². The second-order valence-corrected chi connectivity index (χ2v) is 5.69. The van der Waals surface area contributed by atoms with E-state index in [0.29, 0.717) is 21.0 Å². The molecule has 0 radical (unpaired) electrons. The molecule has 1 amide bonds. The van der Waals surface area contributed by atoms with Crippen LogP contribution >= 0.6 is 23.2 Å². The summed E-state index contributed by atoms with van der Waals surface area (Å²) in [4.78, 5) is 23.6. The topological polar surface area (TPSA) is 68.5 Å². The molecule has 0 spiro atoms. The summed E-state index contributed by atoms with van der Waals surface area (Å²) in [5.41, 5.74) is 0.0932. The summed E-state index contributed by atoms with van der Waals surface area (Å²) in [6.45, 7) is 0. The Morgan fingerprint density at radius 2 is 1.83 bits per heavy atom. The van der Waals surface area contributed by atoms with Crippen LogP contribution in [0.15, 0.2) is 51.7 Å². The van der Waals surface area contributed by atoms with E-state index in [2.05, 4.69) is 5.32 Å². The van der Waals surface area contributed by atoms with Gasteiger partial charge in [-0.25, -0.2) is 4.79 Å². The Balaban J connectivity index is 2.19. The average molecular weight is 364 g/mol. The summed E-state index contributed by atoms with van der Waals surface area (Å²) in [6.07, 6.45) is 0. The number of halogens is 2. The summed E-state index contributed by atoms with van der Waals surface area (Å²) in [5.74, 6) is 0.143. The van der Waals surface area contributed by atoms with Crippen molar-refractivity contribution in [3.05, 3.63) is 68.5 Å². The second kappa shape index (κ2) is 6.55. The van der Waals surface area contributed by atoms with Crippen LogP contribution in [0.3, 0.4) is 0 Å². The summed E-state index contributed by atoms with van der Waals surface area (Å²) in [6, 6.07) is 10.7. The molecule has 2 aromatic carbocycles. The van der Waals surface area contributed by atoms with Crippen LogP contribution in [0, 0.1) is 0 Å². The van der Waals surface area contributed by atoms with Gasteiger partial charge in [-0.15, -0.1) is 0 Å². The molecule has 0 aliphatic heterocycles. The molecular formula is C17H11Cl2NO4. The van der Waals surface area contributed by atoms with Gasteiger partial charge in [0.05, 0.1) is 21.5 Å². The number of para-hydroxylation sites is 1. The largest absolute Gasteiger partial charge is 0.453 e. The average Bonchev–Trinajstić information content (AvgIpc) is 2.57. The summed E-state index contributed by atoms with van der Waals surface area (Å²) in [7, 11) is 1.53. The highest BCUT2D eigenvalue weighted by atomic mass is 35.5. The Morgan fingerprint density at radius 1 is 1.12 bits per heavy atom. The molecule has 1 aromatic heterocycles. The maximum Gasteiger partial charge on any atom is 0.339 e. The number of amides is 1. The zero-order valence-corrected chi connectivity index (χ0v) is 13.9. The van der Waals surface area contributed by atoms with Crippen LogP contribution in [-0.2, 0) is 0 Å². The van der Waals surface area contributed by atoms with Gasteiger partial charge in [-0.1, -0.05) is 29.3 Å². The number of carbonyl (C=O) groups is 1. The number of ether oxygens (including phenoxy) is 1. The van der Waals surface area contributed by atoms with E-state index in [1.54, 1.807) is 30.3 Å². The van der Waals surface area contributed by atoms with Gasteiger partial charge in [-0.05, 0) is 30.3 Å². The maximum absolute atomic E-state index is 11.8. The highest BCUT2D eigenvalue weighted by molar-refractivity contribution is 6.37. The SMILES string of the molecule is CNC(=O)c1ccc2oc(=O)cc(Oc3c(Cl)cccc3Cl)c2c1. The van der Waals surface area contributed by atoms with Gasteiger partial charge in [-0.3, -0.25) is 4.79 Å². The highest BCUT2D eigenvalue weighted by Crippen LogP contribution is 2.38. The lowest BCUT2D eigenvalue weighted by Crippen LogP contribution is -2.17. The van der Waals surface area contributed by atoms with E-state index in [9.17, 15) is 9.59 Å². The standard InChI is InChI=1S/C17H11Cl2NO4/c1-20-17(22)9-5-6-13-10(7-9)14(8-15(21)23-13)24-16-11(18)3-2-4-12(16)19/h2-8H,1H3,(H,20,22). The predicted molar refractivity (Wildman–Crippen MR) is 92.4 cm³/mol. The number of nitrogens with one attached hydrogen (secondary N) is 1. The van der Waals surface area contributed by atoms with E-state index >= 15 is 0 Å². The van der Waals surface area contributed by atoms with Crippen molar-refractivity contribution >= 4 is 40.1 Å². The minimum atomic E-state index is -0.589. The maximum atomic E-state index is 11.8.